The second kappa shape index (κ2) is 13.2. The summed E-state index contributed by atoms with van der Waals surface area (Å²) in [5, 5.41) is 9.58. The minimum Gasteiger partial charge on any atom is -0.456 e. The summed E-state index contributed by atoms with van der Waals surface area (Å²) >= 11 is 0. The molecule has 0 amide bonds. The van der Waals surface area contributed by atoms with Crippen LogP contribution < -0.4 is 4.90 Å². The Morgan fingerprint density at radius 1 is 0.286 bits per heavy atom. The first-order valence-electron chi connectivity index (χ1n) is 19.2. The van der Waals surface area contributed by atoms with Crippen LogP contribution in [0.2, 0.25) is 0 Å². The van der Waals surface area contributed by atoms with Gasteiger partial charge in [-0.25, -0.2) is 0 Å². The number of hydrogen-bond donors (Lipinski definition) is 0. The summed E-state index contributed by atoms with van der Waals surface area (Å²) in [6.07, 6.45) is 0. The maximum absolute atomic E-state index is 6.48. The Labute approximate surface area is 325 Å². The van der Waals surface area contributed by atoms with Crippen molar-refractivity contribution in [1.29, 1.82) is 0 Å². The van der Waals surface area contributed by atoms with Gasteiger partial charge in [-0.3, -0.25) is 0 Å². The zero-order valence-electron chi connectivity index (χ0n) is 30.6. The highest BCUT2D eigenvalue weighted by Gasteiger charge is 2.17. The van der Waals surface area contributed by atoms with Gasteiger partial charge in [-0.2, -0.15) is 0 Å². The molecule has 56 heavy (non-hydrogen) atoms. The first kappa shape index (κ1) is 32.0. The van der Waals surface area contributed by atoms with E-state index in [1.54, 1.807) is 0 Å². The van der Waals surface area contributed by atoms with Gasteiger partial charge in [0.25, 0.3) is 0 Å². The zero-order chi connectivity index (χ0) is 37.0. The van der Waals surface area contributed by atoms with Crippen LogP contribution in [0.5, 0.6) is 0 Å². The maximum Gasteiger partial charge on any atom is 0.136 e. The molecule has 0 fully saturated rings. The quantitative estimate of drug-likeness (QED) is 0.171. The molecule has 2 heteroatoms. The minimum atomic E-state index is 0.908. The second-order valence-corrected chi connectivity index (χ2v) is 14.5. The van der Waals surface area contributed by atoms with Crippen LogP contribution in [-0.2, 0) is 0 Å². The van der Waals surface area contributed by atoms with E-state index >= 15 is 0 Å². The molecule has 0 radical (unpaired) electrons. The molecule has 11 aromatic rings. The molecule has 10 aromatic carbocycles. The van der Waals surface area contributed by atoms with Crippen LogP contribution in [0.25, 0.3) is 87.6 Å². The first-order chi connectivity index (χ1) is 27.7. The molecule has 0 aliphatic carbocycles. The van der Waals surface area contributed by atoms with Crippen molar-refractivity contribution >= 4 is 71.3 Å². The number of rotatable bonds is 6. The lowest BCUT2D eigenvalue weighted by Crippen LogP contribution is -2.09. The molecule has 0 saturated carbocycles. The normalized spacial score (nSPS) is 11.6. The molecule has 0 saturated heterocycles. The monoisotopic (exact) mass is 713 g/mol. The van der Waals surface area contributed by atoms with E-state index in [0.717, 1.165) is 44.6 Å². The second-order valence-electron chi connectivity index (χ2n) is 14.5. The minimum absolute atomic E-state index is 0.908. The Kier molecular flexibility index (Phi) is 7.53. The highest BCUT2D eigenvalue weighted by atomic mass is 16.3. The number of para-hydroxylation sites is 2. The summed E-state index contributed by atoms with van der Waals surface area (Å²) in [6, 6.07) is 76.5. The fourth-order valence-corrected chi connectivity index (χ4v) is 8.42. The Bertz CT molecular complexity index is 3230. The molecule has 0 bridgehead atoms. The van der Waals surface area contributed by atoms with Crippen LogP contribution in [0.3, 0.4) is 0 Å². The summed E-state index contributed by atoms with van der Waals surface area (Å²) < 4.78 is 6.48. The lowest BCUT2D eigenvalue weighted by molar-refractivity contribution is 0.669. The van der Waals surface area contributed by atoms with Gasteiger partial charge in [0.15, 0.2) is 0 Å². The van der Waals surface area contributed by atoms with Gasteiger partial charge in [0.2, 0.25) is 0 Å². The molecular formula is C54H35NO. The zero-order valence-corrected chi connectivity index (χ0v) is 30.6. The number of fused-ring (bicyclic) bond motifs is 7. The molecule has 0 spiro atoms. The van der Waals surface area contributed by atoms with Crippen molar-refractivity contribution in [3.8, 4) is 33.4 Å². The average Bonchev–Trinajstić information content (AvgIpc) is 3.65. The van der Waals surface area contributed by atoms with Crippen LogP contribution >= 0.6 is 0 Å². The van der Waals surface area contributed by atoms with Crippen LogP contribution in [-0.4, -0.2) is 0 Å². The summed E-state index contributed by atoms with van der Waals surface area (Å²) in [5.41, 5.74) is 12.3. The molecule has 0 atom stereocenters. The van der Waals surface area contributed by atoms with Gasteiger partial charge in [-0.05, 0) is 132 Å². The highest BCUT2D eigenvalue weighted by molar-refractivity contribution is 6.22. The van der Waals surface area contributed by atoms with Crippen LogP contribution in [0.1, 0.15) is 0 Å². The van der Waals surface area contributed by atoms with Crippen molar-refractivity contribution in [3.05, 3.63) is 212 Å². The van der Waals surface area contributed by atoms with Crippen LogP contribution in [0.15, 0.2) is 217 Å². The molecular weight excluding hydrogens is 679 g/mol. The molecule has 2 nitrogen and oxygen atoms in total. The third-order valence-electron chi connectivity index (χ3n) is 11.2. The third kappa shape index (κ3) is 5.51. The summed E-state index contributed by atoms with van der Waals surface area (Å²) in [5.74, 6) is 0. The van der Waals surface area contributed by atoms with Crippen LogP contribution in [0.4, 0.5) is 17.1 Å². The molecule has 11 rings (SSSR count). The molecule has 0 aliphatic heterocycles. The van der Waals surface area contributed by atoms with Crippen molar-refractivity contribution < 1.29 is 4.42 Å². The smallest absolute Gasteiger partial charge is 0.136 e. The number of hydrogen-bond acceptors (Lipinski definition) is 2. The van der Waals surface area contributed by atoms with E-state index in [-0.39, 0.29) is 0 Å². The van der Waals surface area contributed by atoms with E-state index in [0.29, 0.717) is 0 Å². The van der Waals surface area contributed by atoms with Crippen molar-refractivity contribution in [1.82, 2.24) is 0 Å². The van der Waals surface area contributed by atoms with Gasteiger partial charge >= 0.3 is 0 Å². The van der Waals surface area contributed by atoms with Crippen molar-refractivity contribution in [2.75, 3.05) is 4.90 Å². The first-order valence-corrected chi connectivity index (χ1v) is 19.2. The topological polar surface area (TPSA) is 16.4 Å². The summed E-state index contributed by atoms with van der Waals surface area (Å²) in [7, 11) is 0. The lowest BCUT2D eigenvalue weighted by atomic mass is 9.91. The van der Waals surface area contributed by atoms with E-state index in [2.05, 4.69) is 211 Å². The summed E-state index contributed by atoms with van der Waals surface area (Å²) in [4.78, 5) is 2.34. The molecule has 262 valence electrons. The number of furan rings is 1. The van der Waals surface area contributed by atoms with Gasteiger partial charge in [0.05, 0.1) is 0 Å². The number of nitrogens with zero attached hydrogens (tertiary/aromatic N) is 1. The van der Waals surface area contributed by atoms with E-state index in [9.17, 15) is 0 Å². The standard InChI is InChI=1S/C54H35NO/c1-3-11-36(12-4-1)40-20-21-42-33-47(29-25-41(42)31-40)55(45-15-5-2-6-16-45)46-27-23-38(24-28-46)43-26-30-48-51(34-43)50(44-22-19-37-13-7-8-14-39(37)32-44)35-53-54(48)49-17-9-10-18-52(49)56-53/h1-35H. The highest BCUT2D eigenvalue weighted by Crippen LogP contribution is 2.43. The average molecular weight is 714 g/mol. The predicted molar refractivity (Wildman–Crippen MR) is 237 cm³/mol. The SMILES string of the molecule is c1ccc(-c2ccc3cc(N(c4ccccc4)c4ccc(-c5ccc6c(c5)c(-c5ccc7ccccc7c5)cc5oc7ccccc7c56)cc4)ccc3c2)cc1. The van der Waals surface area contributed by atoms with E-state index < -0.39 is 0 Å². The molecule has 1 heterocycles. The van der Waals surface area contributed by atoms with Gasteiger partial charge in [-0.1, -0.05) is 146 Å². The number of anilines is 3. The molecule has 1 aromatic heterocycles. The predicted octanol–water partition coefficient (Wildman–Crippen LogP) is 15.5. The Hall–Kier alpha value is -7.42. The Balaban J connectivity index is 1.02. The van der Waals surface area contributed by atoms with E-state index in [1.165, 1.54) is 60.1 Å². The molecule has 0 aliphatic rings. The Morgan fingerprint density at radius 2 is 0.839 bits per heavy atom. The largest absolute Gasteiger partial charge is 0.456 e. The van der Waals surface area contributed by atoms with Crippen LogP contribution in [0, 0.1) is 0 Å². The fraction of sp³-hybridized carbons (Fsp3) is 0. The maximum atomic E-state index is 6.48. The van der Waals surface area contributed by atoms with Gasteiger partial charge in [-0.15, -0.1) is 0 Å². The van der Waals surface area contributed by atoms with Gasteiger partial charge in [0, 0.05) is 27.8 Å². The molecule has 0 N–H and O–H groups in total. The van der Waals surface area contributed by atoms with Gasteiger partial charge in [0.1, 0.15) is 11.2 Å². The lowest BCUT2D eigenvalue weighted by Gasteiger charge is -2.26. The molecule has 0 unspecified atom stereocenters. The summed E-state index contributed by atoms with van der Waals surface area (Å²) in [6.45, 7) is 0. The van der Waals surface area contributed by atoms with Gasteiger partial charge < -0.3 is 9.32 Å². The van der Waals surface area contributed by atoms with E-state index in [1.807, 2.05) is 6.07 Å². The Morgan fingerprint density at radius 3 is 1.70 bits per heavy atom. The number of benzene rings is 10. The van der Waals surface area contributed by atoms with Crippen molar-refractivity contribution in [2.45, 2.75) is 0 Å². The van der Waals surface area contributed by atoms with Crippen molar-refractivity contribution in [2.24, 2.45) is 0 Å². The fourth-order valence-electron chi connectivity index (χ4n) is 8.42. The van der Waals surface area contributed by atoms with Crippen molar-refractivity contribution in [3.63, 3.8) is 0 Å². The third-order valence-corrected chi connectivity index (χ3v) is 11.2. The van der Waals surface area contributed by atoms with E-state index in [4.69, 9.17) is 4.42 Å².